The van der Waals surface area contributed by atoms with E-state index >= 15 is 0 Å². The Morgan fingerprint density at radius 3 is 2.63 bits per heavy atom. The molecule has 2 saturated heterocycles. The van der Waals surface area contributed by atoms with Crippen LogP contribution in [0.25, 0.3) is 0 Å². The van der Waals surface area contributed by atoms with Crippen LogP contribution in [-0.2, 0) is 20.9 Å². The summed E-state index contributed by atoms with van der Waals surface area (Å²) in [4.78, 5) is 41.6. The summed E-state index contributed by atoms with van der Waals surface area (Å²) in [6, 6.07) is -0.632. The molecule has 9 heteroatoms. The molecular weight excluding hydrogens is 350 g/mol. The molecule has 27 heavy (non-hydrogen) atoms. The Morgan fingerprint density at radius 2 is 2.07 bits per heavy atom. The van der Waals surface area contributed by atoms with Crippen molar-refractivity contribution in [2.75, 3.05) is 13.1 Å². The van der Waals surface area contributed by atoms with Gasteiger partial charge in [-0.3, -0.25) is 14.4 Å². The highest BCUT2D eigenvalue weighted by atomic mass is 16.4. The number of likely N-dealkylation sites (tertiary alicyclic amines) is 2. The fourth-order valence-electron chi connectivity index (χ4n) is 3.80. The third kappa shape index (κ3) is 3.42. The van der Waals surface area contributed by atoms with Crippen molar-refractivity contribution in [1.29, 1.82) is 0 Å². The van der Waals surface area contributed by atoms with Gasteiger partial charge in [-0.25, -0.2) is 0 Å². The van der Waals surface area contributed by atoms with Crippen LogP contribution in [0.5, 0.6) is 0 Å². The van der Waals surface area contributed by atoms with E-state index in [1.165, 1.54) is 6.39 Å². The van der Waals surface area contributed by atoms with Crippen LogP contribution < -0.4 is 5.32 Å². The first-order valence-corrected chi connectivity index (χ1v) is 9.42. The highest BCUT2D eigenvalue weighted by Gasteiger charge is 2.60. The van der Waals surface area contributed by atoms with Crippen molar-refractivity contribution in [3.63, 3.8) is 0 Å². The Labute approximate surface area is 158 Å². The number of hydrogen-bond donors (Lipinski definition) is 1. The topological polar surface area (TPSA) is 109 Å². The number of nitrogens with zero attached hydrogens (tertiary/aromatic N) is 4. The molecule has 0 radical (unpaired) electrons. The maximum absolute atomic E-state index is 13.2. The number of aromatic nitrogens is 2. The lowest BCUT2D eigenvalue weighted by Crippen LogP contribution is -2.73. The Bertz CT molecular complexity index is 717. The number of rotatable bonds is 6. The Hall–Kier alpha value is -2.45. The molecule has 0 bridgehead atoms. The van der Waals surface area contributed by atoms with Crippen LogP contribution in [0.1, 0.15) is 46.4 Å². The Morgan fingerprint density at radius 1 is 1.33 bits per heavy atom. The van der Waals surface area contributed by atoms with Gasteiger partial charge >= 0.3 is 0 Å². The molecule has 148 valence electrons. The first kappa shape index (κ1) is 19.3. The van der Waals surface area contributed by atoms with Gasteiger partial charge in [0, 0.05) is 12.5 Å². The summed E-state index contributed by atoms with van der Waals surface area (Å²) in [6.07, 6.45) is 2.64. The lowest BCUT2D eigenvalue weighted by atomic mass is 9.84. The van der Waals surface area contributed by atoms with E-state index in [1.807, 2.05) is 13.8 Å². The van der Waals surface area contributed by atoms with E-state index in [2.05, 4.69) is 15.5 Å². The molecule has 1 aromatic heterocycles. The minimum atomic E-state index is -0.799. The second-order valence-corrected chi connectivity index (χ2v) is 8.00. The van der Waals surface area contributed by atoms with E-state index in [1.54, 1.807) is 23.6 Å². The molecule has 1 spiro atoms. The second kappa shape index (κ2) is 7.28. The number of hydrogen-bond acceptors (Lipinski definition) is 6. The smallest absolute Gasteiger partial charge is 0.250 e. The first-order chi connectivity index (χ1) is 12.8. The van der Waals surface area contributed by atoms with Crippen molar-refractivity contribution >= 4 is 17.7 Å². The third-order valence-electron chi connectivity index (χ3n) is 5.38. The monoisotopic (exact) mass is 377 g/mol. The van der Waals surface area contributed by atoms with E-state index in [0.717, 1.165) is 6.42 Å². The van der Waals surface area contributed by atoms with Crippen LogP contribution >= 0.6 is 0 Å². The van der Waals surface area contributed by atoms with Crippen LogP contribution in [0, 0.1) is 11.8 Å². The summed E-state index contributed by atoms with van der Waals surface area (Å²) >= 11 is 0. The molecule has 0 aromatic carbocycles. The summed E-state index contributed by atoms with van der Waals surface area (Å²) in [6.45, 7) is 8.61. The molecule has 3 amide bonds. The summed E-state index contributed by atoms with van der Waals surface area (Å²) < 4.78 is 5.11. The van der Waals surface area contributed by atoms with Gasteiger partial charge < -0.3 is 19.5 Å². The fraction of sp³-hybridized carbons (Fsp3) is 0.722. The molecule has 9 nitrogen and oxygen atoms in total. The molecular formula is C18H27N5O4. The number of nitrogens with one attached hydrogen (secondary N) is 1. The standard InChI is InChI=1S/C18H27N5O4/c1-11(2)14(20-15(24)12(3)4)16(25)23-7-5-6-18(23)9-22(17(18)26)8-13-21-19-10-27-13/h10-12,14H,5-9H2,1-4H3,(H,20,24)/t14-,18?/m0/s1. The summed E-state index contributed by atoms with van der Waals surface area (Å²) in [5.41, 5.74) is -0.799. The van der Waals surface area contributed by atoms with Gasteiger partial charge in [-0.1, -0.05) is 27.7 Å². The molecule has 0 aliphatic carbocycles. The lowest BCUT2D eigenvalue weighted by molar-refractivity contribution is -0.170. The zero-order valence-electron chi connectivity index (χ0n) is 16.3. The molecule has 1 N–H and O–H groups in total. The first-order valence-electron chi connectivity index (χ1n) is 9.42. The normalized spacial score (nSPS) is 23.3. The average Bonchev–Trinajstić information content (AvgIpc) is 3.28. The van der Waals surface area contributed by atoms with Gasteiger partial charge in [0.25, 0.3) is 5.91 Å². The predicted octanol–water partition coefficient (Wildman–Crippen LogP) is 0.570. The van der Waals surface area contributed by atoms with Crippen LogP contribution in [-0.4, -0.2) is 62.4 Å². The van der Waals surface area contributed by atoms with Crippen molar-refractivity contribution < 1.29 is 18.8 Å². The third-order valence-corrected chi connectivity index (χ3v) is 5.38. The largest absolute Gasteiger partial charge is 0.426 e. The van der Waals surface area contributed by atoms with Crippen LogP contribution in [0.4, 0.5) is 0 Å². The van der Waals surface area contributed by atoms with Gasteiger partial charge in [-0.15, -0.1) is 10.2 Å². The van der Waals surface area contributed by atoms with E-state index in [4.69, 9.17) is 4.42 Å². The highest BCUT2D eigenvalue weighted by molar-refractivity contribution is 5.99. The molecule has 1 unspecified atom stereocenters. The van der Waals surface area contributed by atoms with Crippen LogP contribution in [0.2, 0.25) is 0 Å². The van der Waals surface area contributed by atoms with E-state index < -0.39 is 11.6 Å². The highest BCUT2D eigenvalue weighted by Crippen LogP contribution is 2.40. The number of amides is 3. The fourth-order valence-corrected chi connectivity index (χ4v) is 3.80. The number of carbonyl (C=O) groups excluding carboxylic acids is 3. The van der Waals surface area contributed by atoms with Gasteiger partial charge in [0.15, 0.2) is 0 Å². The zero-order valence-corrected chi connectivity index (χ0v) is 16.3. The summed E-state index contributed by atoms with van der Waals surface area (Å²) in [5.74, 6) is -0.331. The maximum Gasteiger partial charge on any atom is 0.250 e. The molecule has 1 aromatic rings. The Kier molecular flexibility index (Phi) is 5.21. The minimum Gasteiger partial charge on any atom is -0.426 e. The van der Waals surface area contributed by atoms with Crippen LogP contribution in [0.3, 0.4) is 0 Å². The molecule has 2 fully saturated rings. The van der Waals surface area contributed by atoms with E-state index in [9.17, 15) is 14.4 Å². The molecule has 2 atom stereocenters. The Balaban J connectivity index is 1.72. The van der Waals surface area contributed by atoms with Crippen molar-refractivity contribution in [2.24, 2.45) is 11.8 Å². The molecule has 3 rings (SSSR count). The van der Waals surface area contributed by atoms with Gasteiger partial charge in [0.2, 0.25) is 24.1 Å². The average molecular weight is 377 g/mol. The van der Waals surface area contributed by atoms with Crippen molar-refractivity contribution in [2.45, 2.75) is 58.7 Å². The SMILES string of the molecule is CC(C)C(=O)N[C@H](C(=O)N1CCCC12CN(Cc1nnco1)C2=O)C(C)C. The number of carbonyl (C=O) groups is 3. The second-order valence-electron chi connectivity index (χ2n) is 8.00. The van der Waals surface area contributed by atoms with E-state index in [0.29, 0.717) is 25.4 Å². The summed E-state index contributed by atoms with van der Waals surface area (Å²) in [5, 5.41) is 10.3. The number of β-lactam (4-membered cyclic amide) rings is 1. The molecule has 0 saturated carbocycles. The minimum absolute atomic E-state index is 0.0671. The maximum atomic E-state index is 13.2. The van der Waals surface area contributed by atoms with Gasteiger partial charge in [-0.2, -0.15) is 0 Å². The van der Waals surface area contributed by atoms with Crippen molar-refractivity contribution in [3.05, 3.63) is 12.3 Å². The summed E-state index contributed by atoms with van der Waals surface area (Å²) in [7, 11) is 0. The van der Waals surface area contributed by atoms with Crippen molar-refractivity contribution in [3.8, 4) is 0 Å². The quantitative estimate of drug-likeness (QED) is 0.726. The van der Waals surface area contributed by atoms with Crippen molar-refractivity contribution in [1.82, 2.24) is 25.3 Å². The van der Waals surface area contributed by atoms with Gasteiger partial charge in [-0.05, 0) is 18.8 Å². The van der Waals surface area contributed by atoms with Gasteiger partial charge in [0.05, 0.1) is 13.1 Å². The zero-order chi connectivity index (χ0) is 19.8. The lowest BCUT2D eigenvalue weighted by Gasteiger charge is -2.51. The van der Waals surface area contributed by atoms with Gasteiger partial charge in [0.1, 0.15) is 11.6 Å². The molecule has 2 aliphatic rings. The molecule has 3 heterocycles. The molecule has 2 aliphatic heterocycles. The van der Waals surface area contributed by atoms with Crippen LogP contribution in [0.15, 0.2) is 10.8 Å². The predicted molar refractivity (Wildman–Crippen MR) is 95.0 cm³/mol. The van der Waals surface area contributed by atoms with E-state index in [-0.39, 0.29) is 36.1 Å².